The summed E-state index contributed by atoms with van der Waals surface area (Å²) in [6.45, 7) is 5.90. The number of amides is 1. The van der Waals surface area contributed by atoms with Gasteiger partial charge in [-0.05, 0) is 74.9 Å². The van der Waals surface area contributed by atoms with E-state index in [0.717, 1.165) is 23.0 Å². The van der Waals surface area contributed by atoms with Gasteiger partial charge in [0.25, 0.3) is 5.91 Å². The van der Waals surface area contributed by atoms with E-state index in [-0.39, 0.29) is 5.56 Å². The molecule has 0 saturated carbocycles. The van der Waals surface area contributed by atoms with Gasteiger partial charge >= 0.3 is 6.36 Å². The van der Waals surface area contributed by atoms with Crippen LogP contribution in [0.3, 0.4) is 0 Å². The number of aryl methyl sites for hydroxylation is 1. The van der Waals surface area contributed by atoms with E-state index in [1.54, 1.807) is 41.1 Å². The van der Waals surface area contributed by atoms with E-state index in [0.29, 0.717) is 23.0 Å². The highest BCUT2D eigenvalue weighted by Gasteiger charge is 2.32. The van der Waals surface area contributed by atoms with Gasteiger partial charge in [-0.1, -0.05) is 12.1 Å². The Morgan fingerprint density at radius 3 is 2.20 bits per heavy atom. The molecule has 0 unspecified atom stereocenters. The average molecular weight is 482 g/mol. The lowest BCUT2D eigenvalue weighted by Gasteiger charge is -2.13. The van der Waals surface area contributed by atoms with Gasteiger partial charge in [-0.15, -0.1) is 23.4 Å². The molecule has 2 aromatic heterocycles. The summed E-state index contributed by atoms with van der Waals surface area (Å²) in [5.74, 6) is -0.209. The molecule has 0 aliphatic carbocycles. The van der Waals surface area contributed by atoms with Crippen molar-refractivity contribution in [3.05, 3.63) is 83.2 Å². The number of benzene rings is 2. The number of carbonyl (C=O) groups excluding carboxylic acids is 1. The monoisotopic (exact) mass is 482 g/mol. The zero-order valence-electron chi connectivity index (χ0n) is 19.0. The molecule has 4 aromatic rings. The van der Waals surface area contributed by atoms with Crippen molar-refractivity contribution < 1.29 is 22.7 Å². The second-order valence-corrected chi connectivity index (χ2v) is 7.68. The fourth-order valence-corrected chi connectivity index (χ4v) is 3.30. The highest BCUT2D eigenvalue weighted by atomic mass is 19.4. The maximum atomic E-state index is 12.6. The molecule has 2 aromatic carbocycles. The minimum Gasteiger partial charge on any atom is -0.405 e. The minimum atomic E-state index is -4.90. The zero-order chi connectivity index (χ0) is 25.2. The Morgan fingerprint density at radius 1 is 0.914 bits per heavy atom. The molecule has 0 spiro atoms. The number of nitrogens with zero attached hydrogens (tertiary/aromatic N) is 4. The Hall–Kier alpha value is -4.41. The molecule has 0 atom stereocenters. The summed E-state index contributed by atoms with van der Waals surface area (Å²) < 4.78 is 43.5. The third-order valence-electron chi connectivity index (χ3n) is 5.29. The largest absolute Gasteiger partial charge is 0.573 e. The molecule has 2 N–H and O–H groups in total. The Kier molecular flexibility index (Phi) is 6.41. The Labute approximate surface area is 198 Å². The minimum absolute atomic E-state index is 0.236. The summed E-state index contributed by atoms with van der Waals surface area (Å²) in [5.41, 5.74) is 3.84. The van der Waals surface area contributed by atoms with Crippen molar-refractivity contribution in [3.63, 3.8) is 0 Å². The Bertz CT molecular complexity index is 1350. The van der Waals surface area contributed by atoms with Gasteiger partial charge in [0.15, 0.2) is 11.6 Å². The van der Waals surface area contributed by atoms with Crippen LogP contribution in [0, 0.1) is 20.8 Å². The summed E-state index contributed by atoms with van der Waals surface area (Å²) >= 11 is 0. The molecule has 0 bridgehead atoms. The first-order valence-corrected chi connectivity index (χ1v) is 10.5. The maximum absolute atomic E-state index is 12.6. The van der Waals surface area contributed by atoms with Crippen LogP contribution in [0.15, 0.2) is 60.7 Å². The fourth-order valence-electron chi connectivity index (χ4n) is 3.30. The van der Waals surface area contributed by atoms with E-state index < -0.39 is 18.0 Å². The lowest BCUT2D eigenvalue weighted by Crippen LogP contribution is -2.20. The summed E-state index contributed by atoms with van der Waals surface area (Å²) in [7, 11) is 0. The standard InChI is InChI=1S/C24H21F3N6O2/c1-14-15(2)32-33(16(14)3)22-13-12-21(30-31-22)28-17-8-10-18(11-9-17)29-23(34)19-6-4-5-7-20(19)35-24(25,26)27/h4-13H,1-3H3,(H,28,30)(H,29,34). The lowest BCUT2D eigenvalue weighted by molar-refractivity contribution is -0.274. The Balaban J connectivity index is 1.42. The van der Waals surface area contributed by atoms with Gasteiger partial charge in [-0.25, -0.2) is 4.68 Å². The average Bonchev–Trinajstić information content (AvgIpc) is 3.07. The van der Waals surface area contributed by atoms with E-state index in [2.05, 4.69) is 30.7 Å². The molecule has 1 amide bonds. The van der Waals surface area contributed by atoms with Gasteiger partial charge in [0.05, 0.1) is 11.3 Å². The van der Waals surface area contributed by atoms with E-state index in [4.69, 9.17) is 0 Å². The van der Waals surface area contributed by atoms with Crippen molar-refractivity contribution in [1.82, 2.24) is 20.0 Å². The van der Waals surface area contributed by atoms with Crippen LogP contribution in [0.4, 0.5) is 30.4 Å². The molecular weight excluding hydrogens is 461 g/mol. The van der Waals surface area contributed by atoms with Crippen molar-refractivity contribution in [2.75, 3.05) is 10.6 Å². The predicted octanol–water partition coefficient (Wildman–Crippen LogP) is 5.48. The quantitative estimate of drug-likeness (QED) is 0.378. The van der Waals surface area contributed by atoms with Crippen molar-refractivity contribution in [2.45, 2.75) is 27.1 Å². The van der Waals surface area contributed by atoms with Crippen LogP contribution in [0.2, 0.25) is 0 Å². The van der Waals surface area contributed by atoms with E-state index in [1.807, 2.05) is 20.8 Å². The van der Waals surface area contributed by atoms with Gasteiger partial charge in [-0.2, -0.15) is 5.10 Å². The SMILES string of the molecule is Cc1nn(-c2ccc(Nc3ccc(NC(=O)c4ccccc4OC(F)(F)F)cc3)nn2)c(C)c1C. The lowest BCUT2D eigenvalue weighted by atomic mass is 10.2. The van der Waals surface area contributed by atoms with Crippen molar-refractivity contribution in [3.8, 4) is 11.6 Å². The van der Waals surface area contributed by atoms with Gasteiger partial charge in [0.1, 0.15) is 5.75 Å². The topological polar surface area (TPSA) is 94.0 Å². The van der Waals surface area contributed by atoms with Gasteiger partial charge < -0.3 is 15.4 Å². The highest BCUT2D eigenvalue weighted by molar-refractivity contribution is 6.06. The van der Waals surface area contributed by atoms with E-state index >= 15 is 0 Å². The maximum Gasteiger partial charge on any atom is 0.573 e. The molecule has 35 heavy (non-hydrogen) atoms. The van der Waals surface area contributed by atoms with Crippen LogP contribution >= 0.6 is 0 Å². The number of para-hydroxylation sites is 1. The first kappa shape index (κ1) is 23.7. The number of alkyl halides is 3. The first-order chi connectivity index (χ1) is 16.6. The molecule has 0 radical (unpaired) electrons. The number of ether oxygens (including phenoxy) is 1. The smallest absolute Gasteiger partial charge is 0.405 e. The third-order valence-corrected chi connectivity index (χ3v) is 5.29. The number of rotatable bonds is 6. The summed E-state index contributed by atoms with van der Waals surface area (Å²) in [5, 5.41) is 18.5. The van der Waals surface area contributed by atoms with Crippen LogP contribution in [-0.4, -0.2) is 32.2 Å². The van der Waals surface area contributed by atoms with Crippen LogP contribution in [-0.2, 0) is 0 Å². The summed E-state index contributed by atoms with van der Waals surface area (Å²) in [6.07, 6.45) is -4.90. The molecule has 8 nitrogen and oxygen atoms in total. The molecule has 4 rings (SSSR count). The number of carbonyl (C=O) groups is 1. The molecule has 0 aliphatic rings. The summed E-state index contributed by atoms with van der Waals surface area (Å²) in [6, 6.07) is 15.3. The zero-order valence-corrected chi connectivity index (χ0v) is 19.0. The molecular formula is C24H21F3N6O2. The van der Waals surface area contributed by atoms with Crippen molar-refractivity contribution in [1.29, 1.82) is 0 Å². The molecule has 2 heterocycles. The molecule has 0 aliphatic heterocycles. The van der Waals surface area contributed by atoms with E-state index in [1.165, 1.54) is 18.2 Å². The predicted molar refractivity (Wildman–Crippen MR) is 124 cm³/mol. The summed E-state index contributed by atoms with van der Waals surface area (Å²) in [4.78, 5) is 12.5. The van der Waals surface area contributed by atoms with Crippen LogP contribution < -0.4 is 15.4 Å². The van der Waals surface area contributed by atoms with Crippen molar-refractivity contribution in [2.24, 2.45) is 0 Å². The first-order valence-electron chi connectivity index (χ1n) is 10.5. The molecule has 0 fully saturated rings. The van der Waals surface area contributed by atoms with Crippen LogP contribution in [0.5, 0.6) is 5.75 Å². The van der Waals surface area contributed by atoms with Crippen LogP contribution in [0.1, 0.15) is 27.3 Å². The normalized spacial score (nSPS) is 11.3. The van der Waals surface area contributed by atoms with Gasteiger partial charge in [0.2, 0.25) is 0 Å². The second-order valence-electron chi connectivity index (χ2n) is 7.68. The van der Waals surface area contributed by atoms with E-state index in [9.17, 15) is 18.0 Å². The number of hydrogen-bond donors (Lipinski definition) is 2. The number of anilines is 3. The fraction of sp³-hybridized carbons (Fsp3) is 0.167. The second kappa shape index (κ2) is 9.45. The van der Waals surface area contributed by atoms with Crippen molar-refractivity contribution >= 4 is 23.1 Å². The molecule has 0 saturated heterocycles. The third kappa shape index (κ3) is 5.57. The Morgan fingerprint density at radius 2 is 1.60 bits per heavy atom. The van der Waals surface area contributed by atoms with Gasteiger partial charge in [-0.3, -0.25) is 4.79 Å². The number of nitrogens with one attached hydrogen (secondary N) is 2. The number of halogens is 3. The molecule has 11 heteroatoms. The molecule has 180 valence electrons. The highest BCUT2D eigenvalue weighted by Crippen LogP contribution is 2.27. The van der Waals surface area contributed by atoms with Gasteiger partial charge in [0, 0.05) is 17.1 Å². The number of hydrogen-bond acceptors (Lipinski definition) is 6. The van der Waals surface area contributed by atoms with Crippen LogP contribution in [0.25, 0.3) is 5.82 Å². The number of aromatic nitrogens is 4.